The second-order valence-corrected chi connectivity index (χ2v) is 7.78. The first-order chi connectivity index (χ1) is 15.2. The Morgan fingerprint density at radius 2 is 1.81 bits per heavy atom. The summed E-state index contributed by atoms with van der Waals surface area (Å²) in [6.07, 6.45) is 2.28. The molecule has 32 heavy (non-hydrogen) atoms. The van der Waals surface area contributed by atoms with Crippen LogP contribution in [0.15, 0.2) is 53.5 Å². The van der Waals surface area contributed by atoms with E-state index in [-0.39, 0.29) is 24.0 Å². The first-order valence-electron chi connectivity index (χ1n) is 11.1. The minimum Gasteiger partial charge on any atom is -0.494 e. The molecule has 0 bridgehead atoms. The second kappa shape index (κ2) is 14.3. The third kappa shape index (κ3) is 8.60. The van der Waals surface area contributed by atoms with Crippen molar-refractivity contribution in [1.29, 1.82) is 0 Å². The Hall–Kier alpha value is -1.84. The molecule has 1 saturated heterocycles. The maximum atomic E-state index is 6.06. The predicted molar refractivity (Wildman–Crippen MR) is 140 cm³/mol. The van der Waals surface area contributed by atoms with E-state index < -0.39 is 0 Å². The minimum atomic E-state index is 0. The van der Waals surface area contributed by atoms with Gasteiger partial charge in [0.1, 0.15) is 5.75 Å². The third-order valence-corrected chi connectivity index (χ3v) is 5.32. The Morgan fingerprint density at radius 1 is 1.09 bits per heavy atom. The zero-order chi connectivity index (χ0) is 21.9. The topological polar surface area (TPSA) is 55.3 Å². The number of benzene rings is 2. The second-order valence-electron chi connectivity index (χ2n) is 7.78. The SMILES string of the molecule is CCOc1ccc(CN(C)C(=NC)NCc2cccc(COC3CCOCC3)c2)cc1.I. The fourth-order valence-corrected chi connectivity index (χ4v) is 3.66. The summed E-state index contributed by atoms with van der Waals surface area (Å²) >= 11 is 0. The van der Waals surface area contributed by atoms with Gasteiger partial charge in [-0.1, -0.05) is 36.4 Å². The van der Waals surface area contributed by atoms with E-state index in [4.69, 9.17) is 14.2 Å². The summed E-state index contributed by atoms with van der Waals surface area (Å²) in [4.78, 5) is 6.56. The Kier molecular flexibility index (Phi) is 11.8. The van der Waals surface area contributed by atoms with Gasteiger partial charge in [0.25, 0.3) is 0 Å². The lowest BCUT2D eigenvalue weighted by Gasteiger charge is -2.23. The van der Waals surface area contributed by atoms with Gasteiger partial charge >= 0.3 is 0 Å². The molecule has 0 aromatic heterocycles. The van der Waals surface area contributed by atoms with Crippen LogP contribution in [0.25, 0.3) is 0 Å². The molecule has 0 amide bonds. The molecule has 6 nitrogen and oxygen atoms in total. The van der Waals surface area contributed by atoms with Gasteiger partial charge in [0.2, 0.25) is 0 Å². The van der Waals surface area contributed by atoms with Crippen LogP contribution in [0.1, 0.15) is 36.5 Å². The van der Waals surface area contributed by atoms with E-state index in [9.17, 15) is 0 Å². The normalized spacial score (nSPS) is 14.5. The molecule has 2 aromatic carbocycles. The summed E-state index contributed by atoms with van der Waals surface area (Å²) in [5.74, 6) is 1.76. The lowest BCUT2D eigenvalue weighted by molar-refractivity contribution is -0.0390. The number of hydrogen-bond acceptors (Lipinski definition) is 4. The summed E-state index contributed by atoms with van der Waals surface area (Å²) < 4.78 is 17.0. The van der Waals surface area contributed by atoms with Crippen LogP contribution >= 0.6 is 24.0 Å². The highest BCUT2D eigenvalue weighted by Gasteiger charge is 2.14. The smallest absolute Gasteiger partial charge is 0.193 e. The summed E-state index contributed by atoms with van der Waals surface area (Å²) in [6, 6.07) is 16.7. The molecule has 1 heterocycles. The highest BCUT2D eigenvalue weighted by atomic mass is 127. The monoisotopic (exact) mass is 553 g/mol. The zero-order valence-electron chi connectivity index (χ0n) is 19.4. The molecular weight excluding hydrogens is 517 g/mol. The van der Waals surface area contributed by atoms with Crippen LogP contribution in [0.5, 0.6) is 5.75 Å². The van der Waals surface area contributed by atoms with Crippen LogP contribution in [-0.2, 0) is 29.2 Å². The van der Waals surface area contributed by atoms with Gasteiger partial charge in [0.15, 0.2) is 5.96 Å². The van der Waals surface area contributed by atoms with Crippen LogP contribution in [0.3, 0.4) is 0 Å². The van der Waals surface area contributed by atoms with E-state index in [1.165, 1.54) is 16.7 Å². The highest BCUT2D eigenvalue weighted by molar-refractivity contribution is 14.0. The number of rotatable bonds is 9. The van der Waals surface area contributed by atoms with Crippen LogP contribution in [0, 0.1) is 0 Å². The summed E-state index contributed by atoms with van der Waals surface area (Å²) in [5.41, 5.74) is 3.62. The van der Waals surface area contributed by atoms with Crippen molar-refractivity contribution in [3.63, 3.8) is 0 Å². The van der Waals surface area contributed by atoms with E-state index >= 15 is 0 Å². The van der Waals surface area contributed by atoms with Gasteiger partial charge in [-0.2, -0.15) is 0 Å². The van der Waals surface area contributed by atoms with E-state index in [1.54, 1.807) is 0 Å². The number of halogens is 1. The van der Waals surface area contributed by atoms with Gasteiger partial charge in [-0.15, -0.1) is 24.0 Å². The third-order valence-electron chi connectivity index (χ3n) is 5.32. The quantitative estimate of drug-likeness (QED) is 0.280. The first-order valence-corrected chi connectivity index (χ1v) is 11.1. The van der Waals surface area contributed by atoms with Crippen molar-refractivity contribution >= 4 is 29.9 Å². The van der Waals surface area contributed by atoms with Gasteiger partial charge in [-0.25, -0.2) is 0 Å². The average Bonchev–Trinajstić information content (AvgIpc) is 2.80. The van der Waals surface area contributed by atoms with Crippen molar-refractivity contribution in [1.82, 2.24) is 10.2 Å². The van der Waals surface area contributed by atoms with Crippen LogP contribution in [-0.4, -0.2) is 50.9 Å². The number of ether oxygens (including phenoxy) is 3. The fraction of sp³-hybridized carbons (Fsp3) is 0.480. The number of nitrogens with zero attached hydrogens (tertiary/aromatic N) is 2. The predicted octanol–water partition coefficient (Wildman–Crippen LogP) is 4.61. The van der Waals surface area contributed by atoms with Gasteiger partial charge in [0, 0.05) is 40.4 Å². The number of hydrogen-bond donors (Lipinski definition) is 1. The Bertz CT molecular complexity index is 823. The molecule has 3 rings (SSSR count). The maximum Gasteiger partial charge on any atom is 0.193 e. The summed E-state index contributed by atoms with van der Waals surface area (Å²) in [6.45, 7) is 6.40. The van der Waals surface area contributed by atoms with E-state index in [0.717, 1.165) is 44.3 Å². The Balaban J connectivity index is 0.00000363. The van der Waals surface area contributed by atoms with Crippen molar-refractivity contribution < 1.29 is 14.2 Å². The maximum absolute atomic E-state index is 6.06. The standard InChI is InChI=1S/C25H35N3O3.HI/c1-4-30-23-10-8-20(9-11-23)18-28(3)25(26-2)27-17-21-6-5-7-22(16-21)19-31-24-12-14-29-15-13-24;/h5-11,16,24H,4,12-15,17-19H2,1-3H3,(H,26,27);1H. The van der Waals surface area contributed by atoms with Crippen LogP contribution < -0.4 is 10.1 Å². The van der Waals surface area contributed by atoms with Crippen molar-refractivity contribution in [3.8, 4) is 5.75 Å². The van der Waals surface area contributed by atoms with Gasteiger partial charge < -0.3 is 24.4 Å². The molecule has 7 heteroatoms. The average molecular weight is 553 g/mol. The van der Waals surface area contributed by atoms with E-state index in [2.05, 4.69) is 51.6 Å². The van der Waals surface area contributed by atoms with Crippen molar-refractivity contribution in [2.75, 3.05) is 33.9 Å². The Labute approximate surface area is 209 Å². The van der Waals surface area contributed by atoms with Gasteiger partial charge in [0.05, 0.1) is 19.3 Å². The van der Waals surface area contributed by atoms with Gasteiger partial charge in [-0.3, -0.25) is 4.99 Å². The Morgan fingerprint density at radius 3 is 2.50 bits per heavy atom. The van der Waals surface area contributed by atoms with Crippen molar-refractivity contribution in [3.05, 3.63) is 65.2 Å². The van der Waals surface area contributed by atoms with Crippen LogP contribution in [0.2, 0.25) is 0 Å². The molecule has 0 unspecified atom stereocenters. The molecule has 1 fully saturated rings. The molecular formula is C25H36IN3O3. The van der Waals surface area contributed by atoms with Gasteiger partial charge in [-0.05, 0) is 48.6 Å². The number of guanidine groups is 1. The number of aliphatic imine (C=N–C) groups is 1. The first kappa shape index (κ1) is 26.4. The highest BCUT2D eigenvalue weighted by Crippen LogP contribution is 2.15. The molecule has 0 saturated carbocycles. The van der Waals surface area contributed by atoms with E-state index in [0.29, 0.717) is 25.9 Å². The lowest BCUT2D eigenvalue weighted by atomic mass is 10.1. The van der Waals surface area contributed by atoms with Crippen molar-refractivity contribution in [2.24, 2.45) is 4.99 Å². The molecule has 1 N–H and O–H groups in total. The summed E-state index contributed by atoms with van der Waals surface area (Å²) in [7, 11) is 3.86. The molecule has 0 spiro atoms. The zero-order valence-corrected chi connectivity index (χ0v) is 21.7. The largest absolute Gasteiger partial charge is 0.494 e. The molecule has 0 radical (unpaired) electrons. The molecule has 0 atom stereocenters. The fourth-order valence-electron chi connectivity index (χ4n) is 3.66. The molecule has 0 aliphatic carbocycles. The molecule has 2 aromatic rings. The molecule has 176 valence electrons. The van der Waals surface area contributed by atoms with Crippen molar-refractivity contribution in [2.45, 2.75) is 45.6 Å². The number of nitrogens with one attached hydrogen (secondary N) is 1. The molecule has 1 aliphatic heterocycles. The van der Waals surface area contributed by atoms with E-state index in [1.807, 2.05) is 33.2 Å². The molecule has 1 aliphatic rings. The van der Waals surface area contributed by atoms with Crippen LogP contribution in [0.4, 0.5) is 0 Å². The lowest BCUT2D eigenvalue weighted by Crippen LogP contribution is -2.38. The summed E-state index contributed by atoms with van der Waals surface area (Å²) in [5, 5.41) is 3.46. The minimum absolute atomic E-state index is 0.